The van der Waals surface area contributed by atoms with E-state index in [4.69, 9.17) is 5.26 Å². The SMILES string of the molecule is CNC(=O)c1ncn2cc(-c3c(F)ccc(NS(=O)(=O)c4cc(C#N)cnc4C)c3F)ccc12. The number of nitriles is 1. The molecule has 1 aromatic carbocycles. The van der Waals surface area contributed by atoms with Gasteiger partial charge in [0.2, 0.25) is 0 Å². The largest absolute Gasteiger partial charge is 0.354 e. The van der Waals surface area contributed by atoms with Gasteiger partial charge in [-0.2, -0.15) is 5.26 Å². The maximum Gasteiger partial charge on any atom is 0.271 e. The minimum atomic E-state index is -4.34. The summed E-state index contributed by atoms with van der Waals surface area (Å²) in [5.74, 6) is -2.48. The number of halogens is 2. The lowest BCUT2D eigenvalue weighted by atomic mass is 10.0. The summed E-state index contributed by atoms with van der Waals surface area (Å²) in [4.78, 5) is 19.5. The molecule has 0 aliphatic heterocycles. The van der Waals surface area contributed by atoms with E-state index in [0.717, 1.165) is 18.2 Å². The summed E-state index contributed by atoms with van der Waals surface area (Å²) < 4.78 is 59.3. The fraction of sp³-hybridized carbons (Fsp3) is 0.0909. The number of aryl methyl sites for hydroxylation is 1. The second kappa shape index (κ2) is 8.53. The van der Waals surface area contributed by atoms with E-state index in [1.54, 1.807) is 6.07 Å². The highest BCUT2D eigenvalue weighted by molar-refractivity contribution is 7.92. The Labute approximate surface area is 192 Å². The molecular weight excluding hydrogens is 466 g/mol. The van der Waals surface area contributed by atoms with E-state index in [1.165, 1.54) is 49.2 Å². The van der Waals surface area contributed by atoms with Gasteiger partial charge in [-0.25, -0.2) is 22.2 Å². The Bertz CT molecular complexity index is 1610. The van der Waals surface area contributed by atoms with Crippen molar-refractivity contribution < 1.29 is 22.0 Å². The van der Waals surface area contributed by atoms with Gasteiger partial charge in [0.1, 0.15) is 23.1 Å². The average molecular weight is 482 g/mol. The smallest absolute Gasteiger partial charge is 0.271 e. The van der Waals surface area contributed by atoms with E-state index >= 15 is 4.39 Å². The summed E-state index contributed by atoms with van der Waals surface area (Å²) in [5.41, 5.74) is -0.203. The van der Waals surface area contributed by atoms with Crippen LogP contribution in [0.15, 0.2) is 53.9 Å². The molecule has 9 nitrogen and oxygen atoms in total. The zero-order valence-electron chi connectivity index (χ0n) is 17.8. The maximum absolute atomic E-state index is 15.4. The van der Waals surface area contributed by atoms with Crippen molar-refractivity contribution in [2.75, 3.05) is 11.8 Å². The lowest BCUT2D eigenvalue weighted by molar-refractivity contribution is 0.0960. The van der Waals surface area contributed by atoms with Crippen LogP contribution in [-0.4, -0.2) is 35.7 Å². The van der Waals surface area contributed by atoms with E-state index in [9.17, 15) is 17.6 Å². The van der Waals surface area contributed by atoms with Crippen molar-refractivity contribution in [1.29, 1.82) is 5.26 Å². The zero-order chi connectivity index (χ0) is 24.6. The molecule has 0 unspecified atom stereocenters. The number of anilines is 1. The van der Waals surface area contributed by atoms with E-state index in [0.29, 0.717) is 5.52 Å². The third-order valence-corrected chi connectivity index (χ3v) is 6.54. The molecule has 4 aromatic rings. The van der Waals surface area contributed by atoms with Crippen molar-refractivity contribution in [3.05, 3.63) is 77.6 Å². The van der Waals surface area contributed by atoms with Crippen molar-refractivity contribution in [3.8, 4) is 17.2 Å². The molecule has 34 heavy (non-hydrogen) atoms. The normalized spacial score (nSPS) is 11.3. The number of imidazole rings is 1. The van der Waals surface area contributed by atoms with E-state index < -0.39 is 38.8 Å². The molecule has 12 heteroatoms. The van der Waals surface area contributed by atoms with Gasteiger partial charge in [0.15, 0.2) is 11.5 Å². The van der Waals surface area contributed by atoms with Crippen LogP contribution in [0.25, 0.3) is 16.6 Å². The summed E-state index contributed by atoms with van der Waals surface area (Å²) in [6, 6.07) is 7.68. The molecule has 0 spiro atoms. The Morgan fingerprint density at radius 1 is 1.18 bits per heavy atom. The number of nitrogens with zero attached hydrogens (tertiary/aromatic N) is 4. The summed E-state index contributed by atoms with van der Waals surface area (Å²) >= 11 is 0. The van der Waals surface area contributed by atoms with Crippen molar-refractivity contribution >= 4 is 27.1 Å². The number of aromatic nitrogens is 3. The van der Waals surface area contributed by atoms with Crippen LogP contribution in [0, 0.1) is 29.9 Å². The number of hydrogen-bond acceptors (Lipinski definition) is 6. The Morgan fingerprint density at radius 3 is 2.65 bits per heavy atom. The highest BCUT2D eigenvalue weighted by Crippen LogP contribution is 2.32. The Kier molecular flexibility index (Phi) is 5.72. The molecule has 0 atom stereocenters. The van der Waals surface area contributed by atoms with Crippen molar-refractivity contribution in [1.82, 2.24) is 19.7 Å². The van der Waals surface area contributed by atoms with Gasteiger partial charge >= 0.3 is 0 Å². The van der Waals surface area contributed by atoms with Gasteiger partial charge in [-0.15, -0.1) is 0 Å². The number of pyridine rings is 2. The molecule has 0 saturated heterocycles. The van der Waals surface area contributed by atoms with Crippen LogP contribution in [0.2, 0.25) is 0 Å². The lowest BCUT2D eigenvalue weighted by Gasteiger charge is -2.14. The molecule has 2 N–H and O–H groups in total. The lowest BCUT2D eigenvalue weighted by Crippen LogP contribution is -2.18. The summed E-state index contributed by atoms with van der Waals surface area (Å²) in [6.07, 6.45) is 3.91. The third-order valence-electron chi connectivity index (χ3n) is 5.06. The van der Waals surface area contributed by atoms with Crippen molar-refractivity contribution in [3.63, 3.8) is 0 Å². The molecule has 1 amide bonds. The minimum Gasteiger partial charge on any atom is -0.354 e. The van der Waals surface area contributed by atoms with Crippen molar-refractivity contribution in [2.45, 2.75) is 11.8 Å². The quantitative estimate of drug-likeness (QED) is 0.450. The van der Waals surface area contributed by atoms with Crippen LogP contribution in [0.1, 0.15) is 21.7 Å². The van der Waals surface area contributed by atoms with Gasteiger partial charge in [0.25, 0.3) is 15.9 Å². The van der Waals surface area contributed by atoms with Crippen molar-refractivity contribution in [2.24, 2.45) is 0 Å². The second-order valence-electron chi connectivity index (χ2n) is 7.19. The molecule has 0 bridgehead atoms. The van der Waals surface area contributed by atoms with E-state index in [-0.39, 0.29) is 27.4 Å². The monoisotopic (exact) mass is 482 g/mol. The summed E-state index contributed by atoms with van der Waals surface area (Å²) in [5, 5.41) is 11.5. The summed E-state index contributed by atoms with van der Waals surface area (Å²) in [7, 11) is -2.89. The molecule has 0 radical (unpaired) electrons. The molecule has 0 saturated carbocycles. The number of nitrogens with one attached hydrogen (secondary N) is 2. The molecule has 0 aliphatic rings. The first-order chi connectivity index (χ1) is 16.2. The fourth-order valence-electron chi connectivity index (χ4n) is 3.38. The van der Waals surface area contributed by atoms with Gasteiger partial charge in [0.05, 0.1) is 28.0 Å². The Morgan fingerprint density at radius 2 is 1.94 bits per heavy atom. The van der Waals surface area contributed by atoms with Crippen LogP contribution in [-0.2, 0) is 10.0 Å². The van der Waals surface area contributed by atoms with Crippen LogP contribution >= 0.6 is 0 Å². The fourth-order valence-corrected chi connectivity index (χ4v) is 4.66. The van der Waals surface area contributed by atoms with Crippen LogP contribution in [0.5, 0.6) is 0 Å². The zero-order valence-corrected chi connectivity index (χ0v) is 18.6. The first-order valence-electron chi connectivity index (χ1n) is 9.73. The molecule has 0 aliphatic carbocycles. The number of carbonyl (C=O) groups is 1. The highest BCUT2D eigenvalue weighted by Gasteiger charge is 2.23. The number of fused-ring (bicyclic) bond motifs is 1. The van der Waals surface area contributed by atoms with Crippen LogP contribution in [0.3, 0.4) is 0 Å². The topological polar surface area (TPSA) is 129 Å². The van der Waals surface area contributed by atoms with Gasteiger partial charge < -0.3 is 9.72 Å². The number of amides is 1. The van der Waals surface area contributed by atoms with Crippen LogP contribution in [0.4, 0.5) is 14.5 Å². The first kappa shape index (κ1) is 22.8. The standard InChI is InChI=1S/C22H16F2N6O3S/c1-12-18(7-13(8-25)9-27-12)34(32,33)29-16-5-4-15(23)19(20(16)24)14-3-6-17-21(22(31)26-2)28-11-30(17)10-14/h3-7,9-11,29H,1-2H3,(H,26,31). The predicted octanol–water partition coefficient (Wildman–Crippen LogP) is 3.02. The number of benzene rings is 1. The van der Waals surface area contributed by atoms with Gasteiger partial charge in [-0.1, -0.05) is 6.07 Å². The van der Waals surface area contributed by atoms with E-state index in [2.05, 4.69) is 20.0 Å². The Balaban J connectivity index is 1.78. The average Bonchev–Trinajstić information content (AvgIpc) is 3.24. The number of hydrogen-bond donors (Lipinski definition) is 2. The first-order valence-corrected chi connectivity index (χ1v) is 11.2. The summed E-state index contributed by atoms with van der Waals surface area (Å²) in [6.45, 7) is 1.43. The number of carbonyl (C=O) groups excluding carboxylic acids is 1. The second-order valence-corrected chi connectivity index (χ2v) is 8.84. The minimum absolute atomic E-state index is 0.0102. The Hall–Kier alpha value is -4.37. The third kappa shape index (κ3) is 3.93. The molecule has 4 rings (SSSR count). The predicted molar refractivity (Wildman–Crippen MR) is 118 cm³/mol. The number of rotatable bonds is 5. The maximum atomic E-state index is 15.4. The van der Waals surface area contributed by atoms with Gasteiger partial charge in [0, 0.05) is 25.0 Å². The van der Waals surface area contributed by atoms with Crippen LogP contribution < -0.4 is 10.0 Å². The molecule has 3 heterocycles. The van der Waals surface area contributed by atoms with Gasteiger partial charge in [-0.05, 0) is 31.2 Å². The molecule has 3 aromatic heterocycles. The number of sulfonamides is 1. The van der Waals surface area contributed by atoms with E-state index in [1.807, 2.05) is 0 Å². The molecule has 0 fully saturated rings. The molecular formula is C22H16F2N6O3S. The molecule has 172 valence electrons. The highest BCUT2D eigenvalue weighted by atomic mass is 32.2. The van der Waals surface area contributed by atoms with Gasteiger partial charge in [-0.3, -0.25) is 14.5 Å².